The number of rotatable bonds is 8. The van der Waals surface area contributed by atoms with Gasteiger partial charge in [0.2, 0.25) is 5.88 Å². The molecule has 0 unspecified atom stereocenters. The van der Waals surface area contributed by atoms with Gasteiger partial charge in [-0.05, 0) is 33.4 Å². The lowest BCUT2D eigenvalue weighted by atomic mass is 10.3. The summed E-state index contributed by atoms with van der Waals surface area (Å²) in [5.41, 5.74) is 1.05. The highest BCUT2D eigenvalue weighted by Crippen LogP contribution is 2.20. The molecule has 0 radical (unpaired) electrons. The highest BCUT2D eigenvalue weighted by atomic mass is 16.5. The normalized spacial score (nSPS) is 15.1. The fraction of sp³-hybridized carbons (Fsp3) is 0.692. The van der Waals surface area contributed by atoms with Crippen molar-refractivity contribution >= 4 is 0 Å². The number of aromatic nitrogens is 2. The predicted octanol–water partition coefficient (Wildman–Crippen LogP) is 1.06. The first kappa shape index (κ1) is 13.2. The van der Waals surface area contributed by atoms with Crippen molar-refractivity contribution in [3.63, 3.8) is 0 Å². The smallest absolute Gasteiger partial charge is 0.220 e. The summed E-state index contributed by atoms with van der Waals surface area (Å²) < 4.78 is 5.72. The lowest BCUT2D eigenvalue weighted by Crippen LogP contribution is -2.18. The summed E-state index contributed by atoms with van der Waals surface area (Å²) in [6.07, 6.45) is 6.96. The Morgan fingerprint density at radius 1 is 1.44 bits per heavy atom. The van der Waals surface area contributed by atoms with E-state index in [2.05, 4.69) is 34.3 Å². The average Bonchev–Trinajstić information content (AvgIpc) is 3.17. The van der Waals surface area contributed by atoms with Crippen LogP contribution < -0.4 is 10.1 Å². The number of nitrogens with zero attached hydrogens (tertiary/aromatic N) is 3. The monoisotopic (exact) mass is 250 g/mol. The third-order valence-electron chi connectivity index (χ3n) is 2.89. The first-order valence-corrected chi connectivity index (χ1v) is 6.55. The van der Waals surface area contributed by atoms with E-state index in [1.54, 1.807) is 6.33 Å². The molecule has 1 aromatic rings. The van der Waals surface area contributed by atoms with Crippen molar-refractivity contribution in [1.29, 1.82) is 0 Å². The third-order valence-corrected chi connectivity index (χ3v) is 2.89. The van der Waals surface area contributed by atoms with E-state index >= 15 is 0 Å². The third kappa shape index (κ3) is 4.58. The molecule has 0 spiro atoms. The van der Waals surface area contributed by atoms with Crippen molar-refractivity contribution in [2.45, 2.75) is 31.8 Å². The summed E-state index contributed by atoms with van der Waals surface area (Å²) in [4.78, 5) is 10.4. The van der Waals surface area contributed by atoms with Crippen molar-refractivity contribution in [2.24, 2.45) is 0 Å². The molecule has 1 fully saturated rings. The summed E-state index contributed by atoms with van der Waals surface area (Å²) in [5, 5.41) is 3.45. The van der Waals surface area contributed by atoms with Crippen molar-refractivity contribution in [2.75, 3.05) is 27.2 Å². The Morgan fingerprint density at radius 3 is 3.00 bits per heavy atom. The molecular weight excluding hydrogens is 228 g/mol. The zero-order chi connectivity index (χ0) is 12.8. The van der Waals surface area contributed by atoms with E-state index < -0.39 is 0 Å². The van der Waals surface area contributed by atoms with Crippen LogP contribution in [0, 0.1) is 0 Å². The molecule has 0 aliphatic heterocycles. The van der Waals surface area contributed by atoms with Crippen LogP contribution in [0.4, 0.5) is 0 Å². The fourth-order valence-corrected chi connectivity index (χ4v) is 1.69. The SMILES string of the molecule is CN(C)CCCOc1ncncc1CNC1CC1. The quantitative estimate of drug-likeness (QED) is 0.699. The van der Waals surface area contributed by atoms with E-state index in [0.29, 0.717) is 12.6 Å². The van der Waals surface area contributed by atoms with Gasteiger partial charge in [-0.1, -0.05) is 0 Å². The average molecular weight is 250 g/mol. The molecule has 1 aliphatic rings. The summed E-state index contributed by atoms with van der Waals surface area (Å²) in [5.74, 6) is 0.719. The standard InChI is InChI=1S/C13H22N4O/c1-17(2)6-3-7-18-13-11(8-14-10-16-13)9-15-12-4-5-12/h8,10,12,15H,3-7,9H2,1-2H3. The second-order valence-electron chi connectivity index (χ2n) is 5.01. The molecule has 2 rings (SSSR count). The minimum atomic E-state index is 0.687. The maximum absolute atomic E-state index is 5.72. The van der Waals surface area contributed by atoms with Gasteiger partial charge in [-0.3, -0.25) is 0 Å². The van der Waals surface area contributed by atoms with Gasteiger partial charge in [0, 0.05) is 30.9 Å². The first-order valence-electron chi connectivity index (χ1n) is 6.55. The van der Waals surface area contributed by atoms with Crippen LogP contribution in [0.5, 0.6) is 5.88 Å². The van der Waals surface area contributed by atoms with E-state index in [9.17, 15) is 0 Å². The molecule has 5 heteroatoms. The molecule has 100 valence electrons. The Hall–Kier alpha value is -1.20. The molecule has 1 saturated carbocycles. The number of nitrogens with one attached hydrogen (secondary N) is 1. The lowest BCUT2D eigenvalue weighted by Gasteiger charge is -2.12. The Morgan fingerprint density at radius 2 is 2.28 bits per heavy atom. The minimum Gasteiger partial charge on any atom is -0.477 e. The van der Waals surface area contributed by atoms with Crippen LogP contribution in [-0.4, -0.2) is 48.2 Å². The molecule has 1 aliphatic carbocycles. The Labute approximate surface area is 109 Å². The molecule has 1 heterocycles. The maximum Gasteiger partial charge on any atom is 0.220 e. The second-order valence-corrected chi connectivity index (χ2v) is 5.01. The van der Waals surface area contributed by atoms with Gasteiger partial charge in [0.25, 0.3) is 0 Å². The van der Waals surface area contributed by atoms with Crippen molar-refractivity contribution in [3.8, 4) is 5.88 Å². The zero-order valence-electron chi connectivity index (χ0n) is 11.2. The van der Waals surface area contributed by atoms with Crippen molar-refractivity contribution in [3.05, 3.63) is 18.1 Å². The van der Waals surface area contributed by atoms with Crippen LogP contribution in [0.15, 0.2) is 12.5 Å². The summed E-state index contributed by atoms with van der Waals surface area (Å²) in [7, 11) is 4.13. The van der Waals surface area contributed by atoms with Crippen molar-refractivity contribution in [1.82, 2.24) is 20.2 Å². The van der Waals surface area contributed by atoms with Gasteiger partial charge in [0.15, 0.2) is 0 Å². The molecule has 1 N–H and O–H groups in total. The van der Waals surface area contributed by atoms with Gasteiger partial charge >= 0.3 is 0 Å². The van der Waals surface area contributed by atoms with Crippen LogP contribution in [0.1, 0.15) is 24.8 Å². The second kappa shape index (κ2) is 6.66. The van der Waals surface area contributed by atoms with E-state index in [-0.39, 0.29) is 0 Å². The van der Waals surface area contributed by atoms with Crippen LogP contribution in [0.2, 0.25) is 0 Å². The van der Waals surface area contributed by atoms with Gasteiger partial charge < -0.3 is 15.0 Å². The lowest BCUT2D eigenvalue weighted by molar-refractivity contribution is 0.269. The van der Waals surface area contributed by atoms with Gasteiger partial charge in [-0.2, -0.15) is 0 Å². The van der Waals surface area contributed by atoms with E-state index in [1.807, 2.05) is 6.20 Å². The Balaban J connectivity index is 1.78. The van der Waals surface area contributed by atoms with E-state index in [0.717, 1.165) is 31.0 Å². The number of hydrogen-bond donors (Lipinski definition) is 1. The van der Waals surface area contributed by atoms with Crippen LogP contribution in [0.25, 0.3) is 0 Å². The number of ether oxygens (including phenoxy) is 1. The highest BCUT2D eigenvalue weighted by molar-refractivity contribution is 5.22. The molecule has 0 saturated heterocycles. The first-order chi connectivity index (χ1) is 8.75. The largest absolute Gasteiger partial charge is 0.477 e. The summed E-state index contributed by atoms with van der Waals surface area (Å²) >= 11 is 0. The molecule has 18 heavy (non-hydrogen) atoms. The van der Waals surface area contributed by atoms with Gasteiger partial charge in [-0.25, -0.2) is 9.97 Å². The topological polar surface area (TPSA) is 50.3 Å². The van der Waals surface area contributed by atoms with Gasteiger partial charge in [0.1, 0.15) is 6.33 Å². The Bertz CT molecular complexity index is 366. The van der Waals surface area contributed by atoms with Gasteiger partial charge in [-0.15, -0.1) is 0 Å². The molecule has 0 aromatic carbocycles. The number of hydrogen-bond acceptors (Lipinski definition) is 5. The zero-order valence-corrected chi connectivity index (χ0v) is 11.2. The van der Waals surface area contributed by atoms with Gasteiger partial charge in [0.05, 0.1) is 6.61 Å². The van der Waals surface area contributed by atoms with E-state index in [1.165, 1.54) is 12.8 Å². The molecule has 5 nitrogen and oxygen atoms in total. The minimum absolute atomic E-state index is 0.687. The fourth-order valence-electron chi connectivity index (χ4n) is 1.69. The van der Waals surface area contributed by atoms with E-state index in [4.69, 9.17) is 4.74 Å². The maximum atomic E-state index is 5.72. The van der Waals surface area contributed by atoms with Crippen LogP contribution in [-0.2, 0) is 6.54 Å². The van der Waals surface area contributed by atoms with Crippen LogP contribution in [0.3, 0.4) is 0 Å². The Kier molecular flexibility index (Phi) is 4.90. The molecule has 0 bridgehead atoms. The summed E-state index contributed by atoms with van der Waals surface area (Å²) in [6, 6.07) is 0.687. The molecule has 1 aromatic heterocycles. The van der Waals surface area contributed by atoms with Crippen LogP contribution >= 0.6 is 0 Å². The highest BCUT2D eigenvalue weighted by Gasteiger charge is 2.20. The summed E-state index contributed by atoms with van der Waals surface area (Å²) in [6.45, 7) is 2.53. The predicted molar refractivity (Wildman–Crippen MR) is 70.6 cm³/mol. The van der Waals surface area contributed by atoms with Crippen molar-refractivity contribution < 1.29 is 4.74 Å². The molecule has 0 atom stereocenters. The molecular formula is C13H22N4O. The molecule has 0 amide bonds.